The molecule has 22 heavy (non-hydrogen) atoms. The van der Waals surface area contributed by atoms with E-state index in [1.807, 2.05) is 29.2 Å². The van der Waals surface area contributed by atoms with Crippen LogP contribution in [0.5, 0.6) is 5.75 Å². The molecule has 0 radical (unpaired) electrons. The van der Waals surface area contributed by atoms with Crippen molar-refractivity contribution >= 4 is 11.6 Å². The molecule has 1 aromatic heterocycles. The lowest BCUT2D eigenvalue weighted by Crippen LogP contribution is -2.26. The fourth-order valence-electron chi connectivity index (χ4n) is 2.21. The van der Waals surface area contributed by atoms with Crippen LogP contribution in [0, 0.1) is 12.3 Å². The number of hydrogen-bond donors (Lipinski definition) is 1. The zero-order valence-corrected chi connectivity index (χ0v) is 13.0. The highest BCUT2D eigenvalue weighted by molar-refractivity contribution is 6.31. The zero-order valence-electron chi connectivity index (χ0n) is 12.3. The second kappa shape index (κ2) is 7.17. The van der Waals surface area contributed by atoms with Crippen LogP contribution in [0.4, 0.5) is 0 Å². The van der Waals surface area contributed by atoms with Gasteiger partial charge in [-0.15, -0.1) is 6.42 Å². The summed E-state index contributed by atoms with van der Waals surface area (Å²) in [6.45, 7) is 1.50. The number of aromatic hydroxyl groups is 1. The highest BCUT2D eigenvalue weighted by Gasteiger charge is 2.11. The normalized spacial score (nSPS) is 10.6. The summed E-state index contributed by atoms with van der Waals surface area (Å²) in [6, 6.07) is 9.00. The number of rotatable bonds is 5. The SMILES string of the molecule is C#CCN(Cc1ccccc1Cl)Cc1cc(=O)c(O)cn1C. The van der Waals surface area contributed by atoms with Gasteiger partial charge in [0.05, 0.1) is 6.54 Å². The molecule has 0 saturated carbocycles. The minimum Gasteiger partial charge on any atom is -0.503 e. The molecule has 0 atom stereocenters. The third kappa shape index (κ3) is 3.91. The van der Waals surface area contributed by atoms with Crippen LogP contribution in [0.1, 0.15) is 11.3 Å². The van der Waals surface area contributed by atoms with Gasteiger partial charge in [0, 0.05) is 43.1 Å². The first kappa shape index (κ1) is 16.2. The molecule has 0 unspecified atom stereocenters. The fraction of sp³-hybridized carbons (Fsp3) is 0.235. The summed E-state index contributed by atoms with van der Waals surface area (Å²) in [5, 5.41) is 10.1. The lowest BCUT2D eigenvalue weighted by Gasteiger charge is -2.22. The quantitative estimate of drug-likeness (QED) is 0.862. The van der Waals surface area contributed by atoms with E-state index in [-0.39, 0.29) is 5.75 Å². The molecule has 0 amide bonds. The summed E-state index contributed by atoms with van der Waals surface area (Å²) >= 11 is 6.18. The topological polar surface area (TPSA) is 45.5 Å². The summed E-state index contributed by atoms with van der Waals surface area (Å²) in [5.41, 5.74) is 1.35. The van der Waals surface area contributed by atoms with Crippen molar-refractivity contribution in [3.63, 3.8) is 0 Å². The van der Waals surface area contributed by atoms with Crippen molar-refractivity contribution in [2.24, 2.45) is 7.05 Å². The predicted octanol–water partition coefficient (Wildman–Crippen LogP) is 2.38. The molecule has 114 valence electrons. The van der Waals surface area contributed by atoms with Gasteiger partial charge in [-0.25, -0.2) is 0 Å². The third-order valence-corrected chi connectivity index (χ3v) is 3.74. The Morgan fingerprint density at radius 2 is 2.09 bits per heavy atom. The monoisotopic (exact) mass is 316 g/mol. The first-order chi connectivity index (χ1) is 10.5. The molecular formula is C17H17ClN2O2. The Kier molecular flexibility index (Phi) is 5.26. The van der Waals surface area contributed by atoms with Crippen LogP contribution in [-0.4, -0.2) is 21.1 Å². The van der Waals surface area contributed by atoms with Gasteiger partial charge in [0.25, 0.3) is 0 Å². The highest BCUT2D eigenvalue weighted by Crippen LogP contribution is 2.18. The second-order valence-corrected chi connectivity index (χ2v) is 5.47. The number of aryl methyl sites for hydroxylation is 1. The minimum absolute atomic E-state index is 0.263. The molecular weight excluding hydrogens is 300 g/mol. The van der Waals surface area contributed by atoms with Crippen LogP contribution >= 0.6 is 11.6 Å². The Hall–Kier alpha value is -2.22. The molecule has 2 rings (SSSR count). The Bertz CT molecular complexity index is 762. The number of benzene rings is 1. The van der Waals surface area contributed by atoms with Crippen LogP contribution < -0.4 is 5.43 Å². The molecule has 1 aromatic carbocycles. The van der Waals surface area contributed by atoms with Crippen molar-refractivity contribution in [1.29, 1.82) is 0 Å². The lowest BCUT2D eigenvalue weighted by atomic mass is 10.2. The van der Waals surface area contributed by atoms with Crippen LogP contribution in [0.2, 0.25) is 5.02 Å². The standard InChI is InChI=1S/C17H17ClN2O2/c1-3-8-20(10-13-6-4-5-7-15(13)18)11-14-9-16(21)17(22)12-19(14)2/h1,4-7,9,12,22H,8,10-11H2,2H3. The van der Waals surface area contributed by atoms with Gasteiger partial charge in [-0.1, -0.05) is 35.7 Å². The first-order valence-electron chi connectivity index (χ1n) is 6.79. The van der Waals surface area contributed by atoms with Gasteiger partial charge in [0.1, 0.15) is 0 Å². The molecule has 0 fully saturated rings. The smallest absolute Gasteiger partial charge is 0.223 e. The maximum absolute atomic E-state index is 11.6. The molecule has 5 heteroatoms. The molecule has 1 heterocycles. The van der Waals surface area contributed by atoms with Gasteiger partial charge in [-0.2, -0.15) is 0 Å². The van der Waals surface area contributed by atoms with E-state index in [9.17, 15) is 9.90 Å². The summed E-state index contributed by atoms with van der Waals surface area (Å²) < 4.78 is 1.72. The van der Waals surface area contributed by atoms with E-state index in [1.165, 1.54) is 12.3 Å². The average molecular weight is 317 g/mol. The number of pyridine rings is 1. The molecule has 0 aliphatic carbocycles. The van der Waals surface area contributed by atoms with E-state index in [0.29, 0.717) is 24.7 Å². The van der Waals surface area contributed by atoms with Crippen LogP contribution in [0.3, 0.4) is 0 Å². The molecule has 0 spiro atoms. The Morgan fingerprint density at radius 1 is 1.36 bits per heavy atom. The van der Waals surface area contributed by atoms with Gasteiger partial charge in [-0.3, -0.25) is 9.69 Å². The van der Waals surface area contributed by atoms with Crippen LogP contribution in [0.15, 0.2) is 41.3 Å². The van der Waals surface area contributed by atoms with E-state index in [4.69, 9.17) is 18.0 Å². The number of aromatic nitrogens is 1. The Labute approximate surface area is 134 Å². The van der Waals surface area contributed by atoms with Crippen molar-refractivity contribution in [1.82, 2.24) is 9.47 Å². The molecule has 4 nitrogen and oxygen atoms in total. The van der Waals surface area contributed by atoms with E-state index < -0.39 is 5.43 Å². The molecule has 0 bridgehead atoms. The number of hydrogen-bond acceptors (Lipinski definition) is 3. The average Bonchev–Trinajstić information content (AvgIpc) is 2.47. The maximum atomic E-state index is 11.6. The summed E-state index contributed by atoms with van der Waals surface area (Å²) in [4.78, 5) is 13.6. The maximum Gasteiger partial charge on any atom is 0.223 e. The summed E-state index contributed by atoms with van der Waals surface area (Å²) in [7, 11) is 1.78. The predicted molar refractivity (Wildman–Crippen MR) is 87.7 cm³/mol. The van der Waals surface area contributed by atoms with Gasteiger partial charge < -0.3 is 9.67 Å². The third-order valence-electron chi connectivity index (χ3n) is 3.37. The molecule has 0 aliphatic rings. The first-order valence-corrected chi connectivity index (χ1v) is 7.17. The molecule has 2 aromatic rings. The zero-order chi connectivity index (χ0) is 16.1. The summed E-state index contributed by atoms with van der Waals surface area (Å²) in [6.07, 6.45) is 6.84. The summed E-state index contributed by atoms with van der Waals surface area (Å²) in [5.74, 6) is 2.36. The van der Waals surface area contributed by atoms with E-state index in [0.717, 1.165) is 11.3 Å². The fourth-order valence-corrected chi connectivity index (χ4v) is 2.40. The van der Waals surface area contributed by atoms with Crippen LogP contribution in [-0.2, 0) is 20.1 Å². The van der Waals surface area contributed by atoms with Crippen molar-refractivity contribution in [2.75, 3.05) is 6.54 Å². The molecule has 0 saturated heterocycles. The van der Waals surface area contributed by atoms with Crippen molar-refractivity contribution in [3.8, 4) is 18.1 Å². The minimum atomic E-state index is -0.397. The van der Waals surface area contributed by atoms with E-state index >= 15 is 0 Å². The Morgan fingerprint density at radius 3 is 2.77 bits per heavy atom. The van der Waals surface area contributed by atoms with E-state index in [2.05, 4.69) is 5.92 Å². The Balaban J connectivity index is 2.23. The van der Waals surface area contributed by atoms with Gasteiger partial charge in [0.2, 0.25) is 5.43 Å². The van der Waals surface area contributed by atoms with Crippen molar-refractivity contribution in [3.05, 3.63) is 63.0 Å². The highest BCUT2D eigenvalue weighted by atomic mass is 35.5. The lowest BCUT2D eigenvalue weighted by molar-refractivity contribution is 0.282. The molecule has 1 N–H and O–H groups in total. The number of halogens is 1. The number of nitrogens with zero attached hydrogens (tertiary/aromatic N) is 2. The van der Waals surface area contributed by atoms with Crippen molar-refractivity contribution in [2.45, 2.75) is 13.1 Å². The van der Waals surface area contributed by atoms with Gasteiger partial charge in [0.15, 0.2) is 5.75 Å². The number of terminal acetylenes is 1. The van der Waals surface area contributed by atoms with Crippen molar-refractivity contribution < 1.29 is 5.11 Å². The molecule has 0 aliphatic heterocycles. The van der Waals surface area contributed by atoms with Gasteiger partial charge in [-0.05, 0) is 11.6 Å². The largest absolute Gasteiger partial charge is 0.503 e. The van der Waals surface area contributed by atoms with Crippen LogP contribution in [0.25, 0.3) is 0 Å². The second-order valence-electron chi connectivity index (χ2n) is 5.07. The van der Waals surface area contributed by atoms with E-state index in [1.54, 1.807) is 11.6 Å². The van der Waals surface area contributed by atoms with Gasteiger partial charge >= 0.3 is 0 Å².